The number of benzene rings is 2. The highest BCUT2D eigenvalue weighted by molar-refractivity contribution is 5.18. The molecule has 0 N–H and O–H groups in total. The Balaban J connectivity index is 1.40. The van der Waals surface area contributed by atoms with E-state index >= 15 is 0 Å². The molecule has 0 saturated heterocycles. The summed E-state index contributed by atoms with van der Waals surface area (Å²) in [5, 5.41) is 8.59. The molecule has 1 aliphatic rings. The largest absolute Gasteiger partial charge is 0.424 e. The first-order valence-corrected chi connectivity index (χ1v) is 10.00. The van der Waals surface area contributed by atoms with Crippen LogP contribution in [0.3, 0.4) is 0 Å². The fourth-order valence-corrected chi connectivity index (χ4v) is 3.95. The third kappa shape index (κ3) is 5.04. The molecule has 4 nitrogen and oxygen atoms in total. The van der Waals surface area contributed by atoms with E-state index in [1.54, 1.807) is 0 Å². The average molecular weight is 361 g/mol. The summed E-state index contributed by atoms with van der Waals surface area (Å²) >= 11 is 0. The topological polar surface area (TPSA) is 42.2 Å². The second kappa shape index (κ2) is 8.96. The molecule has 0 amide bonds. The number of hydrogen-bond donors (Lipinski definition) is 0. The van der Waals surface area contributed by atoms with Crippen LogP contribution in [0.4, 0.5) is 0 Å². The lowest BCUT2D eigenvalue weighted by molar-refractivity contribution is 0.173. The minimum Gasteiger partial charge on any atom is -0.424 e. The summed E-state index contributed by atoms with van der Waals surface area (Å²) in [6.07, 6.45) is 6.97. The summed E-state index contributed by atoms with van der Waals surface area (Å²) < 4.78 is 5.97. The van der Waals surface area contributed by atoms with E-state index in [1.165, 1.54) is 36.8 Å². The molecule has 0 spiro atoms. The highest BCUT2D eigenvalue weighted by Crippen LogP contribution is 2.25. The van der Waals surface area contributed by atoms with Gasteiger partial charge in [0.05, 0.1) is 13.0 Å². The van der Waals surface area contributed by atoms with Crippen molar-refractivity contribution in [2.24, 2.45) is 0 Å². The third-order valence-electron chi connectivity index (χ3n) is 5.42. The molecule has 0 aliphatic heterocycles. The van der Waals surface area contributed by atoms with Gasteiger partial charge in [0.25, 0.3) is 0 Å². The summed E-state index contributed by atoms with van der Waals surface area (Å²) in [5.41, 5.74) is 2.58. The first kappa shape index (κ1) is 17.9. The smallest absolute Gasteiger partial charge is 0.230 e. The number of hydrogen-bond acceptors (Lipinski definition) is 4. The van der Waals surface area contributed by atoms with Gasteiger partial charge in [0.2, 0.25) is 11.8 Å². The van der Waals surface area contributed by atoms with Crippen molar-refractivity contribution in [2.75, 3.05) is 6.54 Å². The lowest BCUT2D eigenvalue weighted by Crippen LogP contribution is -2.34. The van der Waals surface area contributed by atoms with Crippen LogP contribution in [0.2, 0.25) is 0 Å². The van der Waals surface area contributed by atoms with Crippen LogP contribution in [-0.2, 0) is 19.4 Å². The molecule has 3 aromatic rings. The molecule has 1 saturated carbocycles. The summed E-state index contributed by atoms with van der Waals surface area (Å²) in [6.45, 7) is 1.78. The quantitative estimate of drug-likeness (QED) is 0.586. The molecule has 27 heavy (non-hydrogen) atoms. The fourth-order valence-electron chi connectivity index (χ4n) is 3.95. The highest BCUT2D eigenvalue weighted by atomic mass is 16.4. The van der Waals surface area contributed by atoms with Crippen LogP contribution in [0.1, 0.15) is 48.6 Å². The molecular formula is C23H27N3O. The summed E-state index contributed by atoms with van der Waals surface area (Å²) in [4.78, 5) is 2.54. The summed E-state index contributed by atoms with van der Waals surface area (Å²) in [5.74, 6) is 1.44. The number of rotatable bonds is 8. The zero-order valence-electron chi connectivity index (χ0n) is 15.8. The van der Waals surface area contributed by atoms with Gasteiger partial charge in [-0.1, -0.05) is 73.5 Å². The molecule has 2 aromatic carbocycles. The van der Waals surface area contributed by atoms with E-state index in [1.807, 2.05) is 18.2 Å². The molecule has 0 atom stereocenters. The van der Waals surface area contributed by atoms with Crippen molar-refractivity contribution < 1.29 is 4.42 Å². The van der Waals surface area contributed by atoms with E-state index < -0.39 is 0 Å². The van der Waals surface area contributed by atoms with Crippen molar-refractivity contribution in [3.8, 4) is 0 Å². The molecule has 4 heteroatoms. The Kier molecular flexibility index (Phi) is 5.95. The summed E-state index contributed by atoms with van der Waals surface area (Å²) in [7, 11) is 0. The molecular weight excluding hydrogens is 334 g/mol. The van der Waals surface area contributed by atoms with Gasteiger partial charge < -0.3 is 4.42 Å². The minimum atomic E-state index is 0.637. The average Bonchev–Trinajstić information content (AvgIpc) is 3.39. The van der Waals surface area contributed by atoms with E-state index in [0.717, 1.165) is 25.4 Å². The second-order valence-electron chi connectivity index (χ2n) is 7.40. The van der Waals surface area contributed by atoms with Crippen LogP contribution in [0, 0.1) is 0 Å². The van der Waals surface area contributed by atoms with Gasteiger partial charge >= 0.3 is 0 Å². The molecule has 1 aromatic heterocycles. The van der Waals surface area contributed by atoms with E-state index in [-0.39, 0.29) is 0 Å². The Bertz CT molecular complexity index is 810. The van der Waals surface area contributed by atoms with Gasteiger partial charge in [-0.25, -0.2) is 0 Å². The van der Waals surface area contributed by atoms with E-state index in [9.17, 15) is 0 Å². The van der Waals surface area contributed by atoms with Crippen molar-refractivity contribution in [2.45, 2.75) is 51.1 Å². The maximum Gasteiger partial charge on any atom is 0.230 e. The van der Waals surface area contributed by atoms with E-state index in [0.29, 0.717) is 18.4 Å². The zero-order chi connectivity index (χ0) is 18.3. The van der Waals surface area contributed by atoms with Gasteiger partial charge in [-0.15, -0.1) is 10.2 Å². The number of nitrogens with zero attached hydrogens (tertiary/aromatic N) is 3. The van der Waals surface area contributed by atoms with Crippen LogP contribution in [0.25, 0.3) is 0 Å². The van der Waals surface area contributed by atoms with Gasteiger partial charge in [-0.2, -0.15) is 0 Å². The monoisotopic (exact) mass is 361 g/mol. The Hall–Kier alpha value is -2.46. The molecule has 0 bridgehead atoms. The first-order chi connectivity index (χ1) is 13.4. The molecule has 0 unspecified atom stereocenters. The molecule has 1 aliphatic carbocycles. The zero-order valence-corrected chi connectivity index (χ0v) is 15.8. The summed E-state index contributed by atoms with van der Waals surface area (Å²) in [6, 6.07) is 21.6. The van der Waals surface area contributed by atoms with Crippen LogP contribution in [0.15, 0.2) is 65.1 Å². The molecule has 4 rings (SSSR count). The Morgan fingerprint density at radius 2 is 1.44 bits per heavy atom. The van der Waals surface area contributed by atoms with Crippen molar-refractivity contribution in [3.63, 3.8) is 0 Å². The third-order valence-corrected chi connectivity index (χ3v) is 5.42. The van der Waals surface area contributed by atoms with Crippen molar-refractivity contribution in [3.05, 3.63) is 83.6 Å². The normalized spacial score (nSPS) is 14.9. The SMILES string of the molecule is c1ccc(CCN(Cc2nnc(Cc3ccccc3)o2)C2CCCC2)cc1. The van der Waals surface area contributed by atoms with Crippen LogP contribution >= 0.6 is 0 Å². The van der Waals surface area contributed by atoms with Crippen molar-refractivity contribution in [1.29, 1.82) is 0 Å². The van der Waals surface area contributed by atoms with Gasteiger partial charge in [0.15, 0.2) is 0 Å². The van der Waals surface area contributed by atoms with Crippen molar-refractivity contribution >= 4 is 0 Å². The van der Waals surface area contributed by atoms with Gasteiger partial charge in [-0.05, 0) is 30.4 Å². The standard InChI is InChI=1S/C23H27N3O/c1-3-9-19(10-4-1)15-16-26(21-13-7-8-14-21)18-23-25-24-22(27-23)17-20-11-5-2-6-12-20/h1-6,9-12,21H,7-8,13-18H2. The molecule has 1 fully saturated rings. The molecule has 1 heterocycles. The number of aromatic nitrogens is 2. The Morgan fingerprint density at radius 1 is 0.815 bits per heavy atom. The Labute approximate surface area is 161 Å². The first-order valence-electron chi connectivity index (χ1n) is 10.00. The van der Waals surface area contributed by atoms with Crippen LogP contribution in [-0.4, -0.2) is 27.7 Å². The van der Waals surface area contributed by atoms with Crippen molar-refractivity contribution in [1.82, 2.24) is 15.1 Å². The maximum absolute atomic E-state index is 5.97. The van der Waals surface area contributed by atoms with E-state index in [4.69, 9.17) is 4.42 Å². The van der Waals surface area contributed by atoms with Crippen LogP contribution < -0.4 is 0 Å². The van der Waals surface area contributed by atoms with Gasteiger partial charge in [0, 0.05) is 12.6 Å². The highest BCUT2D eigenvalue weighted by Gasteiger charge is 2.24. The lowest BCUT2D eigenvalue weighted by Gasteiger charge is -2.27. The van der Waals surface area contributed by atoms with Gasteiger partial charge in [-0.3, -0.25) is 4.90 Å². The Morgan fingerprint density at radius 3 is 2.15 bits per heavy atom. The predicted octanol–water partition coefficient (Wildman–Crippen LogP) is 4.65. The fraction of sp³-hybridized carbons (Fsp3) is 0.391. The molecule has 0 radical (unpaired) electrons. The van der Waals surface area contributed by atoms with E-state index in [2.05, 4.69) is 57.6 Å². The van der Waals surface area contributed by atoms with Gasteiger partial charge in [0.1, 0.15) is 0 Å². The maximum atomic E-state index is 5.97. The second-order valence-corrected chi connectivity index (χ2v) is 7.40. The minimum absolute atomic E-state index is 0.637. The lowest BCUT2D eigenvalue weighted by atomic mass is 10.1. The van der Waals surface area contributed by atoms with Crippen LogP contribution in [0.5, 0.6) is 0 Å². The predicted molar refractivity (Wildman–Crippen MR) is 106 cm³/mol. The molecule has 140 valence electrons.